The van der Waals surface area contributed by atoms with Crippen LogP contribution in [0.15, 0.2) is 46.0 Å². The van der Waals surface area contributed by atoms with Gasteiger partial charge in [-0.15, -0.1) is 10.2 Å². The molecular weight excluding hydrogens is 399 g/mol. The number of nitro groups is 1. The first-order chi connectivity index (χ1) is 13.7. The summed E-state index contributed by atoms with van der Waals surface area (Å²) in [6.07, 6.45) is 0. The first kappa shape index (κ1) is 20.5. The van der Waals surface area contributed by atoms with Crippen LogP contribution in [0, 0.1) is 29.8 Å². The number of benzene rings is 2. The van der Waals surface area contributed by atoms with E-state index >= 15 is 0 Å². The smallest absolute Gasteiger partial charge is 0.306 e. The molecule has 1 aromatic heterocycles. The molecule has 3 aromatic rings. The molecule has 0 radical (unpaired) electrons. The number of hydrogen-bond donors (Lipinski definition) is 1. The summed E-state index contributed by atoms with van der Waals surface area (Å²) in [5, 5.41) is 20.9. The molecule has 1 atom stereocenters. The first-order valence-electron chi connectivity index (χ1n) is 8.56. The highest BCUT2D eigenvalue weighted by molar-refractivity contribution is 8.00. The van der Waals surface area contributed by atoms with E-state index in [0.717, 1.165) is 40.6 Å². The van der Waals surface area contributed by atoms with Crippen molar-refractivity contribution >= 4 is 29.0 Å². The number of aromatic nitrogens is 2. The SMILES string of the molecule is Cc1cc(C)cc(-c2nnc(S[C@@H](C)C(=O)Nc3ccc(F)c([N+](=O)[O-])c3)o2)c1. The second-order valence-corrected chi connectivity index (χ2v) is 7.71. The molecule has 29 heavy (non-hydrogen) atoms. The molecule has 0 aliphatic rings. The number of nitrogens with one attached hydrogen (secondary N) is 1. The lowest BCUT2D eigenvalue weighted by molar-refractivity contribution is -0.387. The molecule has 0 aliphatic carbocycles. The van der Waals surface area contributed by atoms with Crippen molar-refractivity contribution in [1.29, 1.82) is 0 Å². The standard InChI is InChI=1S/C19H17FN4O4S/c1-10-6-11(2)8-13(7-10)18-22-23-19(28-18)29-12(3)17(25)21-14-4-5-15(20)16(9-14)24(26)27/h4-9,12H,1-3H3,(H,21,25)/t12-/m0/s1. The van der Waals surface area contributed by atoms with Crippen molar-refractivity contribution in [3.63, 3.8) is 0 Å². The molecule has 0 aliphatic heterocycles. The van der Waals surface area contributed by atoms with Crippen LogP contribution in [-0.4, -0.2) is 26.3 Å². The Labute approximate surface area is 169 Å². The Balaban J connectivity index is 1.68. The number of hydrogen-bond acceptors (Lipinski definition) is 7. The number of nitro benzene ring substituents is 1. The molecular formula is C19H17FN4O4S. The van der Waals surface area contributed by atoms with E-state index in [1.807, 2.05) is 32.0 Å². The van der Waals surface area contributed by atoms with Crippen molar-refractivity contribution < 1.29 is 18.5 Å². The Morgan fingerprint density at radius 1 is 1.21 bits per heavy atom. The fraction of sp³-hybridized carbons (Fsp3) is 0.211. The van der Waals surface area contributed by atoms with Crippen LogP contribution in [0.5, 0.6) is 0 Å². The topological polar surface area (TPSA) is 111 Å². The van der Waals surface area contributed by atoms with E-state index in [1.165, 1.54) is 6.07 Å². The van der Waals surface area contributed by atoms with Gasteiger partial charge in [0.05, 0.1) is 10.2 Å². The quantitative estimate of drug-likeness (QED) is 0.357. The zero-order valence-corrected chi connectivity index (χ0v) is 16.6. The van der Waals surface area contributed by atoms with Gasteiger partial charge in [-0.2, -0.15) is 4.39 Å². The highest BCUT2D eigenvalue weighted by Crippen LogP contribution is 2.28. The lowest BCUT2D eigenvalue weighted by Gasteiger charge is -2.09. The number of thioether (sulfide) groups is 1. The molecule has 0 saturated carbocycles. The van der Waals surface area contributed by atoms with Crippen LogP contribution in [0.3, 0.4) is 0 Å². The first-order valence-corrected chi connectivity index (χ1v) is 9.44. The largest absolute Gasteiger partial charge is 0.411 e. The third kappa shape index (κ3) is 4.96. The van der Waals surface area contributed by atoms with Crippen LogP contribution in [0.25, 0.3) is 11.5 Å². The Morgan fingerprint density at radius 2 is 1.90 bits per heavy atom. The van der Waals surface area contributed by atoms with Gasteiger partial charge in [0.1, 0.15) is 0 Å². The molecule has 2 aromatic carbocycles. The van der Waals surface area contributed by atoms with Crippen molar-refractivity contribution in [2.45, 2.75) is 31.2 Å². The molecule has 0 bridgehead atoms. The van der Waals surface area contributed by atoms with Crippen LogP contribution >= 0.6 is 11.8 Å². The van der Waals surface area contributed by atoms with Gasteiger partial charge >= 0.3 is 5.69 Å². The van der Waals surface area contributed by atoms with Gasteiger partial charge in [0, 0.05) is 17.3 Å². The van der Waals surface area contributed by atoms with Gasteiger partial charge in [0.25, 0.3) is 5.22 Å². The number of amides is 1. The van der Waals surface area contributed by atoms with Crippen molar-refractivity contribution in [2.75, 3.05) is 5.32 Å². The van der Waals surface area contributed by atoms with E-state index < -0.39 is 27.6 Å². The summed E-state index contributed by atoms with van der Waals surface area (Å²) in [5.41, 5.74) is 2.33. The summed E-state index contributed by atoms with van der Waals surface area (Å²) >= 11 is 1.05. The summed E-state index contributed by atoms with van der Waals surface area (Å²) in [4.78, 5) is 22.3. The molecule has 1 N–H and O–H groups in total. The molecule has 150 valence electrons. The average Bonchev–Trinajstić information content (AvgIpc) is 3.10. The van der Waals surface area contributed by atoms with Crippen LogP contribution in [0.4, 0.5) is 15.8 Å². The highest BCUT2D eigenvalue weighted by atomic mass is 32.2. The molecule has 0 saturated heterocycles. The molecule has 1 amide bonds. The fourth-order valence-electron chi connectivity index (χ4n) is 2.65. The van der Waals surface area contributed by atoms with Crippen LogP contribution < -0.4 is 5.32 Å². The van der Waals surface area contributed by atoms with Crippen molar-refractivity contribution in [2.24, 2.45) is 0 Å². The van der Waals surface area contributed by atoms with Gasteiger partial charge in [0.15, 0.2) is 0 Å². The summed E-state index contributed by atoms with van der Waals surface area (Å²) < 4.78 is 19.0. The minimum atomic E-state index is -0.972. The Morgan fingerprint density at radius 3 is 2.55 bits per heavy atom. The summed E-state index contributed by atoms with van der Waals surface area (Å²) in [6, 6.07) is 9.03. The number of carbonyl (C=O) groups is 1. The third-order valence-electron chi connectivity index (χ3n) is 3.93. The number of carbonyl (C=O) groups excluding carboxylic acids is 1. The Hall–Kier alpha value is -3.27. The predicted octanol–water partition coefficient (Wildman–Crippen LogP) is 4.52. The van der Waals surface area contributed by atoms with E-state index in [2.05, 4.69) is 15.5 Å². The van der Waals surface area contributed by atoms with Crippen LogP contribution in [0.1, 0.15) is 18.1 Å². The average molecular weight is 416 g/mol. The molecule has 10 heteroatoms. The van der Waals surface area contributed by atoms with Gasteiger partial charge in [-0.3, -0.25) is 14.9 Å². The maximum atomic E-state index is 13.4. The number of aryl methyl sites for hydroxylation is 2. The molecule has 1 heterocycles. The zero-order chi connectivity index (χ0) is 21.1. The number of nitrogens with zero attached hydrogens (tertiary/aromatic N) is 3. The summed E-state index contributed by atoms with van der Waals surface area (Å²) in [7, 11) is 0. The maximum absolute atomic E-state index is 13.4. The molecule has 0 spiro atoms. The fourth-order valence-corrected chi connectivity index (χ4v) is 3.33. The van der Waals surface area contributed by atoms with Crippen molar-refractivity contribution in [3.8, 4) is 11.5 Å². The molecule has 8 nitrogen and oxygen atoms in total. The van der Waals surface area contributed by atoms with E-state index in [-0.39, 0.29) is 10.9 Å². The highest BCUT2D eigenvalue weighted by Gasteiger charge is 2.21. The second kappa shape index (κ2) is 8.39. The number of rotatable bonds is 6. The normalized spacial score (nSPS) is 11.9. The summed E-state index contributed by atoms with van der Waals surface area (Å²) in [6.45, 7) is 5.56. The van der Waals surface area contributed by atoms with Gasteiger partial charge in [-0.25, -0.2) is 0 Å². The monoisotopic (exact) mass is 416 g/mol. The third-order valence-corrected chi connectivity index (χ3v) is 4.87. The molecule has 0 unspecified atom stereocenters. The minimum Gasteiger partial charge on any atom is -0.411 e. The lowest BCUT2D eigenvalue weighted by Crippen LogP contribution is -2.22. The Kier molecular flexibility index (Phi) is 5.92. The minimum absolute atomic E-state index is 0.122. The van der Waals surface area contributed by atoms with Crippen LogP contribution in [-0.2, 0) is 4.79 Å². The van der Waals surface area contributed by atoms with E-state index in [9.17, 15) is 19.3 Å². The van der Waals surface area contributed by atoms with Gasteiger partial charge in [0.2, 0.25) is 17.6 Å². The van der Waals surface area contributed by atoms with Gasteiger partial charge in [-0.1, -0.05) is 29.0 Å². The van der Waals surface area contributed by atoms with E-state index in [4.69, 9.17) is 4.42 Å². The van der Waals surface area contributed by atoms with Crippen molar-refractivity contribution in [1.82, 2.24) is 10.2 Å². The zero-order valence-electron chi connectivity index (χ0n) is 15.8. The van der Waals surface area contributed by atoms with Gasteiger partial charge < -0.3 is 9.73 Å². The number of halogens is 1. The maximum Gasteiger partial charge on any atom is 0.306 e. The van der Waals surface area contributed by atoms with E-state index in [1.54, 1.807) is 6.92 Å². The number of anilines is 1. The second-order valence-electron chi connectivity index (χ2n) is 6.42. The van der Waals surface area contributed by atoms with Gasteiger partial charge in [-0.05, 0) is 45.0 Å². The van der Waals surface area contributed by atoms with Crippen molar-refractivity contribution in [3.05, 3.63) is 63.5 Å². The molecule has 0 fully saturated rings. The predicted molar refractivity (Wildman–Crippen MR) is 106 cm³/mol. The summed E-state index contributed by atoms with van der Waals surface area (Å²) in [5.74, 6) is -1.07. The lowest BCUT2D eigenvalue weighted by atomic mass is 10.1. The van der Waals surface area contributed by atoms with Crippen LogP contribution in [0.2, 0.25) is 0 Å². The molecule has 3 rings (SSSR count). The Bertz CT molecular complexity index is 1070. The van der Waals surface area contributed by atoms with E-state index in [0.29, 0.717) is 5.89 Å².